The fourth-order valence-corrected chi connectivity index (χ4v) is 3.78. The van der Waals surface area contributed by atoms with Crippen LogP contribution in [-0.4, -0.2) is 74.0 Å². The smallest absolute Gasteiger partial charge is 0.115 e. The first-order chi connectivity index (χ1) is 12.8. The van der Waals surface area contributed by atoms with Gasteiger partial charge in [-0.15, -0.1) is 0 Å². The molecule has 4 aliphatic heterocycles. The first-order valence-corrected chi connectivity index (χ1v) is 9.86. The molecule has 0 N–H and O–H groups in total. The molecule has 26 heavy (non-hydrogen) atoms. The van der Waals surface area contributed by atoms with Crippen LogP contribution < -0.4 is 0 Å². The summed E-state index contributed by atoms with van der Waals surface area (Å²) in [7, 11) is 0. The fourth-order valence-electron chi connectivity index (χ4n) is 3.78. The van der Waals surface area contributed by atoms with E-state index in [1.54, 1.807) is 0 Å². The van der Waals surface area contributed by atoms with Crippen molar-refractivity contribution >= 4 is 0 Å². The second-order valence-corrected chi connectivity index (χ2v) is 7.83. The third kappa shape index (κ3) is 4.27. The SMILES string of the molecule is c1cc(CN(CC2CO2)CC2CO2)cc(CN(C2CCO2)C2CCO2)c1. The molecule has 4 fully saturated rings. The molecule has 4 unspecified atom stereocenters. The Morgan fingerprint density at radius 3 is 1.81 bits per heavy atom. The van der Waals surface area contributed by atoms with Crippen molar-refractivity contribution in [3.63, 3.8) is 0 Å². The van der Waals surface area contributed by atoms with E-state index < -0.39 is 0 Å². The van der Waals surface area contributed by atoms with Crippen LogP contribution in [0, 0.1) is 0 Å². The predicted octanol–water partition coefficient (Wildman–Crippen LogP) is 1.58. The minimum Gasteiger partial charge on any atom is -0.372 e. The first-order valence-electron chi connectivity index (χ1n) is 9.86. The van der Waals surface area contributed by atoms with Gasteiger partial charge in [-0.1, -0.05) is 24.3 Å². The van der Waals surface area contributed by atoms with Crippen molar-refractivity contribution in [3.05, 3.63) is 35.4 Å². The zero-order chi connectivity index (χ0) is 17.3. The molecule has 4 atom stereocenters. The Balaban J connectivity index is 1.23. The maximum Gasteiger partial charge on any atom is 0.115 e. The maximum atomic E-state index is 5.73. The van der Waals surface area contributed by atoms with Gasteiger partial charge in [0, 0.05) is 39.0 Å². The number of benzene rings is 1. The van der Waals surface area contributed by atoms with Crippen LogP contribution in [0.25, 0.3) is 0 Å². The summed E-state index contributed by atoms with van der Waals surface area (Å²) < 4.78 is 22.3. The van der Waals surface area contributed by atoms with Gasteiger partial charge in [0.05, 0.1) is 38.6 Å². The van der Waals surface area contributed by atoms with Crippen LogP contribution in [0.3, 0.4) is 0 Å². The van der Waals surface area contributed by atoms with E-state index in [1.807, 2.05) is 0 Å². The molecular formula is C20H28N2O4. The van der Waals surface area contributed by atoms with E-state index in [1.165, 1.54) is 11.1 Å². The van der Waals surface area contributed by atoms with Crippen molar-refractivity contribution in [1.82, 2.24) is 9.80 Å². The second-order valence-electron chi connectivity index (χ2n) is 7.83. The molecule has 4 heterocycles. The highest BCUT2D eigenvalue weighted by Crippen LogP contribution is 2.28. The molecule has 0 amide bonds. The van der Waals surface area contributed by atoms with E-state index in [4.69, 9.17) is 18.9 Å². The number of nitrogens with zero attached hydrogens (tertiary/aromatic N) is 2. The van der Waals surface area contributed by atoms with Crippen LogP contribution in [0.4, 0.5) is 0 Å². The van der Waals surface area contributed by atoms with Crippen LogP contribution >= 0.6 is 0 Å². The topological polar surface area (TPSA) is 50.0 Å². The highest BCUT2D eigenvalue weighted by atomic mass is 16.6. The van der Waals surface area contributed by atoms with Gasteiger partial charge in [0.1, 0.15) is 12.5 Å². The summed E-state index contributed by atoms with van der Waals surface area (Å²) in [4.78, 5) is 4.84. The molecule has 0 aliphatic carbocycles. The Morgan fingerprint density at radius 2 is 1.35 bits per heavy atom. The minimum absolute atomic E-state index is 0.222. The molecule has 4 aliphatic rings. The lowest BCUT2D eigenvalue weighted by Gasteiger charge is -2.45. The molecule has 1 aromatic rings. The van der Waals surface area contributed by atoms with Crippen LogP contribution in [0.5, 0.6) is 0 Å². The van der Waals surface area contributed by atoms with Gasteiger partial charge in [0.25, 0.3) is 0 Å². The lowest BCUT2D eigenvalue weighted by atomic mass is 10.1. The zero-order valence-electron chi connectivity index (χ0n) is 15.2. The first kappa shape index (κ1) is 17.1. The largest absolute Gasteiger partial charge is 0.372 e. The van der Waals surface area contributed by atoms with Crippen molar-refractivity contribution in [2.24, 2.45) is 0 Å². The minimum atomic E-state index is 0.222. The van der Waals surface area contributed by atoms with Crippen LogP contribution in [0.15, 0.2) is 24.3 Å². The Labute approximate surface area is 154 Å². The molecule has 4 saturated heterocycles. The van der Waals surface area contributed by atoms with Gasteiger partial charge in [0.15, 0.2) is 0 Å². The van der Waals surface area contributed by atoms with E-state index >= 15 is 0 Å². The van der Waals surface area contributed by atoms with Crippen molar-refractivity contribution in [1.29, 1.82) is 0 Å². The third-order valence-electron chi connectivity index (χ3n) is 5.58. The molecule has 6 heteroatoms. The molecule has 1 aromatic carbocycles. The molecule has 0 aromatic heterocycles. The molecule has 0 saturated carbocycles. The third-order valence-corrected chi connectivity index (χ3v) is 5.58. The summed E-state index contributed by atoms with van der Waals surface area (Å²) in [6.45, 7) is 7.39. The van der Waals surface area contributed by atoms with Crippen LogP contribution in [0.1, 0.15) is 24.0 Å². The summed E-state index contributed by atoms with van der Waals surface area (Å²) in [5, 5.41) is 0. The van der Waals surface area contributed by atoms with E-state index in [0.717, 1.165) is 65.4 Å². The van der Waals surface area contributed by atoms with Gasteiger partial charge < -0.3 is 18.9 Å². The summed E-state index contributed by atoms with van der Waals surface area (Å²) >= 11 is 0. The Bertz CT molecular complexity index is 584. The van der Waals surface area contributed by atoms with Crippen LogP contribution in [-0.2, 0) is 32.0 Å². The number of hydrogen-bond donors (Lipinski definition) is 0. The van der Waals surface area contributed by atoms with Crippen LogP contribution in [0.2, 0.25) is 0 Å². The lowest BCUT2D eigenvalue weighted by Crippen LogP contribution is -2.53. The van der Waals surface area contributed by atoms with Gasteiger partial charge in [-0.25, -0.2) is 4.90 Å². The Hall–Kier alpha value is -1.02. The lowest BCUT2D eigenvalue weighted by molar-refractivity contribution is -0.243. The van der Waals surface area contributed by atoms with E-state index in [0.29, 0.717) is 12.2 Å². The highest BCUT2D eigenvalue weighted by molar-refractivity contribution is 5.23. The maximum absolute atomic E-state index is 5.73. The number of rotatable bonds is 10. The predicted molar refractivity (Wildman–Crippen MR) is 95.5 cm³/mol. The second kappa shape index (κ2) is 7.54. The Morgan fingerprint density at radius 1 is 0.808 bits per heavy atom. The van der Waals surface area contributed by atoms with Crippen molar-refractivity contribution in [2.45, 2.75) is 50.6 Å². The molecule has 0 spiro atoms. The van der Waals surface area contributed by atoms with Crippen molar-refractivity contribution < 1.29 is 18.9 Å². The van der Waals surface area contributed by atoms with Crippen molar-refractivity contribution in [2.75, 3.05) is 39.5 Å². The normalized spacial score (nSPS) is 32.4. The highest BCUT2D eigenvalue weighted by Gasteiger charge is 2.35. The summed E-state index contributed by atoms with van der Waals surface area (Å²) in [5.41, 5.74) is 2.69. The number of ether oxygens (including phenoxy) is 4. The summed E-state index contributed by atoms with van der Waals surface area (Å²) in [6.07, 6.45) is 3.49. The number of epoxide rings is 2. The standard InChI is InChI=1S/C20H28N2O4/c1-2-15(9-21(11-17-13-25-17)12-18-14-26-18)8-16(3-1)10-22(19-4-6-23-19)20-5-7-24-20/h1-3,8,17-20H,4-7,9-14H2. The molecular weight excluding hydrogens is 332 g/mol. The molecule has 0 bridgehead atoms. The van der Waals surface area contributed by atoms with Gasteiger partial charge in [-0.2, -0.15) is 0 Å². The van der Waals surface area contributed by atoms with Gasteiger partial charge in [0.2, 0.25) is 0 Å². The quantitative estimate of drug-likeness (QED) is 0.591. The molecule has 142 valence electrons. The van der Waals surface area contributed by atoms with Gasteiger partial charge in [-0.3, -0.25) is 4.90 Å². The fraction of sp³-hybridized carbons (Fsp3) is 0.700. The summed E-state index contributed by atoms with van der Waals surface area (Å²) in [6, 6.07) is 8.94. The van der Waals surface area contributed by atoms with Gasteiger partial charge >= 0.3 is 0 Å². The molecule has 6 nitrogen and oxygen atoms in total. The van der Waals surface area contributed by atoms with Crippen molar-refractivity contribution in [3.8, 4) is 0 Å². The van der Waals surface area contributed by atoms with E-state index in [9.17, 15) is 0 Å². The van der Waals surface area contributed by atoms with E-state index in [2.05, 4.69) is 34.1 Å². The molecule has 0 radical (unpaired) electrons. The monoisotopic (exact) mass is 360 g/mol. The van der Waals surface area contributed by atoms with E-state index in [-0.39, 0.29) is 12.5 Å². The summed E-state index contributed by atoms with van der Waals surface area (Å²) in [5.74, 6) is 0. The number of hydrogen-bond acceptors (Lipinski definition) is 6. The zero-order valence-corrected chi connectivity index (χ0v) is 15.2. The molecule has 5 rings (SSSR count). The van der Waals surface area contributed by atoms with Gasteiger partial charge in [-0.05, 0) is 11.1 Å². The average Bonchev–Trinajstić information content (AvgIpc) is 3.41. The average molecular weight is 360 g/mol. The Kier molecular flexibility index (Phi) is 4.96.